The predicted octanol–water partition coefficient (Wildman–Crippen LogP) is 8.24. The van der Waals surface area contributed by atoms with Crippen molar-refractivity contribution < 1.29 is 14.3 Å². The lowest BCUT2D eigenvalue weighted by Gasteiger charge is -2.59. The Bertz CT molecular complexity index is 1020. The molecule has 0 heterocycles. The number of carbonyl (C=O) groups is 2. The normalized spacial score (nSPS) is 34.9. The minimum Gasteiger partial charge on any atom is -0.494 e. The monoisotopic (exact) mass is 535 g/mol. The van der Waals surface area contributed by atoms with Crippen molar-refractivity contribution in [3.05, 3.63) is 29.8 Å². The zero-order valence-corrected chi connectivity index (χ0v) is 25.1. The molecule has 4 saturated carbocycles. The number of hydrogen-bond acceptors (Lipinski definition) is 4. The molecule has 216 valence electrons. The minimum atomic E-state index is -0.186. The average molecular weight is 536 g/mol. The second-order valence-corrected chi connectivity index (χ2v) is 13.7. The predicted molar refractivity (Wildman–Crippen MR) is 158 cm³/mol. The highest BCUT2D eigenvalue weighted by molar-refractivity contribution is 5.87. The van der Waals surface area contributed by atoms with Gasteiger partial charge in [0.05, 0.1) is 6.61 Å². The van der Waals surface area contributed by atoms with Crippen molar-refractivity contribution in [3.63, 3.8) is 0 Å². The maximum atomic E-state index is 13.5. The van der Waals surface area contributed by atoms with Gasteiger partial charge in [0.1, 0.15) is 17.3 Å². The van der Waals surface area contributed by atoms with Crippen molar-refractivity contribution in [2.24, 2.45) is 34.5 Å². The van der Waals surface area contributed by atoms with Crippen molar-refractivity contribution >= 4 is 11.6 Å². The molecule has 1 aromatic carbocycles. The first-order valence-electron chi connectivity index (χ1n) is 16.4. The van der Waals surface area contributed by atoms with Crippen molar-refractivity contribution in [1.29, 1.82) is 0 Å². The van der Waals surface area contributed by atoms with Crippen molar-refractivity contribution in [3.8, 4) is 5.75 Å². The molecule has 0 amide bonds. The third-order valence-electron chi connectivity index (χ3n) is 12.0. The van der Waals surface area contributed by atoms with E-state index in [4.69, 9.17) is 4.74 Å². The molecule has 39 heavy (non-hydrogen) atoms. The smallest absolute Gasteiger partial charge is 0.139 e. The molecule has 0 bridgehead atoms. The lowest BCUT2D eigenvalue weighted by molar-refractivity contribution is -0.147. The number of carbonyl (C=O) groups excluding carboxylic acids is 2. The highest BCUT2D eigenvalue weighted by Gasteiger charge is 2.61. The SMILES string of the molecule is CCCC(NC(CC)CC)c1cccc(OCC[C@]23CC[C@H]4[C@@H](CCC5CC(=O)CC[C@@]54C)[C@@H]2CCC3=O)c1. The summed E-state index contributed by atoms with van der Waals surface area (Å²) in [5.74, 6) is 4.32. The van der Waals surface area contributed by atoms with Crippen LogP contribution in [0.3, 0.4) is 0 Å². The van der Waals surface area contributed by atoms with Crippen LogP contribution in [0.2, 0.25) is 0 Å². The van der Waals surface area contributed by atoms with Crippen LogP contribution in [0, 0.1) is 34.5 Å². The Kier molecular flexibility index (Phi) is 8.91. The molecule has 7 atom stereocenters. The number of Topliss-reactive ketones (excluding diaryl/α,β-unsaturated/α-hetero) is 2. The maximum Gasteiger partial charge on any atom is 0.139 e. The lowest BCUT2D eigenvalue weighted by atomic mass is 9.45. The van der Waals surface area contributed by atoms with Crippen LogP contribution in [-0.2, 0) is 9.59 Å². The second-order valence-electron chi connectivity index (χ2n) is 13.7. The van der Waals surface area contributed by atoms with Crippen LogP contribution in [0.1, 0.15) is 129 Å². The van der Waals surface area contributed by atoms with Gasteiger partial charge in [0, 0.05) is 36.8 Å². The molecule has 0 radical (unpaired) electrons. The van der Waals surface area contributed by atoms with Gasteiger partial charge in [-0.1, -0.05) is 46.2 Å². The van der Waals surface area contributed by atoms with Crippen LogP contribution in [-0.4, -0.2) is 24.2 Å². The van der Waals surface area contributed by atoms with E-state index >= 15 is 0 Å². The molecule has 1 N–H and O–H groups in total. The summed E-state index contributed by atoms with van der Waals surface area (Å²) < 4.78 is 6.42. The molecule has 4 nitrogen and oxygen atoms in total. The Morgan fingerprint density at radius 3 is 2.59 bits per heavy atom. The molecule has 0 spiro atoms. The van der Waals surface area contributed by atoms with Gasteiger partial charge in [0.15, 0.2) is 0 Å². The summed E-state index contributed by atoms with van der Waals surface area (Å²) in [6.07, 6.45) is 14.4. The summed E-state index contributed by atoms with van der Waals surface area (Å²) in [5.41, 5.74) is 1.42. The summed E-state index contributed by atoms with van der Waals surface area (Å²) in [4.78, 5) is 25.8. The topological polar surface area (TPSA) is 55.4 Å². The van der Waals surface area contributed by atoms with Gasteiger partial charge in [-0.15, -0.1) is 0 Å². The van der Waals surface area contributed by atoms with Crippen molar-refractivity contribution in [1.82, 2.24) is 5.32 Å². The molecular weight excluding hydrogens is 482 g/mol. The number of nitrogens with one attached hydrogen (secondary N) is 1. The lowest BCUT2D eigenvalue weighted by Crippen LogP contribution is -2.54. The van der Waals surface area contributed by atoms with Crippen molar-refractivity contribution in [2.45, 2.75) is 130 Å². The number of benzene rings is 1. The van der Waals surface area contributed by atoms with E-state index < -0.39 is 0 Å². The second kappa shape index (κ2) is 12.0. The first-order valence-corrected chi connectivity index (χ1v) is 16.4. The van der Waals surface area contributed by atoms with Crippen LogP contribution in [0.15, 0.2) is 24.3 Å². The van der Waals surface area contributed by atoms with Crippen LogP contribution >= 0.6 is 0 Å². The first-order chi connectivity index (χ1) is 18.8. The van der Waals surface area contributed by atoms with Crippen LogP contribution < -0.4 is 10.1 Å². The van der Waals surface area contributed by atoms with Gasteiger partial charge in [-0.25, -0.2) is 0 Å². The molecule has 5 rings (SSSR count). The zero-order valence-electron chi connectivity index (χ0n) is 25.1. The van der Waals surface area contributed by atoms with Crippen molar-refractivity contribution in [2.75, 3.05) is 6.61 Å². The fourth-order valence-corrected chi connectivity index (χ4v) is 9.70. The number of ketones is 2. The molecule has 1 aromatic rings. The van der Waals surface area contributed by atoms with Crippen LogP contribution in [0.4, 0.5) is 0 Å². The van der Waals surface area contributed by atoms with E-state index in [1.54, 1.807) is 0 Å². The quantitative estimate of drug-likeness (QED) is 0.310. The van der Waals surface area contributed by atoms with Crippen LogP contribution in [0.5, 0.6) is 5.75 Å². The number of rotatable bonds is 11. The van der Waals surface area contributed by atoms with E-state index in [9.17, 15) is 9.59 Å². The number of ether oxygens (including phenoxy) is 1. The molecule has 0 aromatic heterocycles. The third-order valence-corrected chi connectivity index (χ3v) is 12.0. The van der Waals surface area contributed by atoms with E-state index in [1.165, 1.54) is 18.4 Å². The Balaban J connectivity index is 1.26. The summed E-state index contributed by atoms with van der Waals surface area (Å²) in [5, 5.41) is 3.87. The molecule has 0 saturated heterocycles. The zero-order chi connectivity index (χ0) is 27.6. The van der Waals surface area contributed by atoms with Gasteiger partial charge in [0.25, 0.3) is 0 Å². The minimum absolute atomic E-state index is 0.186. The van der Waals surface area contributed by atoms with Crippen LogP contribution in [0.25, 0.3) is 0 Å². The van der Waals surface area contributed by atoms with Gasteiger partial charge >= 0.3 is 0 Å². The summed E-state index contributed by atoms with van der Waals surface area (Å²) >= 11 is 0. The van der Waals surface area contributed by atoms with Gasteiger partial charge in [-0.3, -0.25) is 9.59 Å². The molecular formula is C35H53NO3. The molecule has 4 heteroatoms. The van der Waals surface area contributed by atoms with Gasteiger partial charge in [0.2, 0.25) is 0 Å². The Labute approximate surface area is 237 Å². The van der Waals surface area contributed by atoms with E-state index in [2.05, 4.69) is 57.3 Å². The van der Waals surface area contributed by atoms with Gasteiger partial charge in [-0.2, -0.15) is 0 Å². The van der Waals surface area contributed by atoms with E-state index in [-0.39, 0.29) is 5.41 Å². The number of fused-ring (bicyclic) bond motifs is 5. The molecule has 2 unspecified atom stereocenters. The molecule has 4 fully saturated rings. The standard InChI is InChI=1S/C35H53NO3/c1-5-9-32(36-26(6-2)7-3)24-10-8-11-28(22-24)39-21-20-35-19-17-30-29(31(35)14-15-33(35)38)13-12-25-23-27(37)16-18-34(25,30)4/h8,10-11,22,25-26,29-32,36H,5-7,9,12-21,23H2,1-4H3/t25?,29-,30+,31+,32?,34+,35-/m1/s1. The fraction of sp³-hybridized carbons (Fsp3) is 0.771. The highest BCUT2D eigenvalue weighted by Crippen LogP contribution is 2.66. The molecule has 4 aliphatic rings. The summed E-state index contributed by atoms with van der Waals surface area (Å²) in [6, 6.07) is 9.56. The Morgan fingerprint density at radius 2 is 1.82 bits per heavy atom. The summed E-state index contributed by atoms with van der Waals surface area (Å²) in [6.45, 7) is 9.89. The maximum absolute atomic E-state index is 13.5. The highest BCUT2D eigenvalue weighted by atomic mass is 16.5. The average Bonchev–Trinajstić information content (AvgIpc) is 3.28. The first kappa shape index (κ1) is 28.8. The van der Waals surface area contributed by atoms with E-state index in [1.807, 2.05) is 0 Å². The van der Waals surface area contributed by atoms with E-state index in [0.29, 0.717) is 59.3 Å². The fourth-order valence-electron chi connectivity index (χ4n) is 9.70. The molecule has 0 aliphatic heterocycles. The summed E-state index contributed by atoms with van der Waals surface area (Å²) in [7, 11) is 0. The van der Waals surface area contributed by atoms with Gasteiger partial charge < -0.3 is 10.1 Å². The Hall–Kier alpha value is -1.68. The van der Waals surface area contributed by atoms with Gasteiger partial charge in [-0.05, 0) is 111 Å². The van der Waals surface area contributed by atoms with E-state index in [0.717, 1.165) is 82.8 Å². The largest absolute Gasteiger partial charge is 0.494 e. The number of hydrogen-bond donors (Lipinski definition) is 1. The Morgan fingerprint density at radius 1 is 1.00 bits per heavy atom. The molecule has 4 aliphatic carbocycles. The third kappa shape index (κ3) is 5.48.